The van der Waals surface area contributed by atoms with Crippen molar-refractivity contribution in [1.29, 1.82) is 0 Å². The molecule has 0 bridgehead atoms. The molecule has 0 aromatic heterocycles. The normalized spacial score (nSPS) is 12.5. The molecule has 0 rings (SSSR count). The largest absolute Gasteiger partial charge is 0.462 e. The summed E-state index contributed by atoms with van der Waals surface area (Å²) >= 11 is 0. The predicted molar refractivity (Wildman–Crippen MR) is 238 cm³/mol. The summed E-state index contributed by atoms with van der Waals surface area (Å²) in [6.45, 7) is 11.3. The zero-order chi connectivity index (χ0) is 41.2. The Balaban J connectivity index is 4.11. The van der Waals surface area contributed by atoms with Gasteiger partial charge in [0.2, 0.25) is 0 Å². The van der Waals surface area contributed by atoms with Gasteiger partial charge in [-0.05, 0) is 31.1 Å². The fourth-order valence-corrected chi connectivity index (χ4v) is 7.43. The fraction of sp³-hybridized carbons (Fsp3) is 0.940. The second-order valence-corrected chi connectivity index (χ2v) is 17.8. The molecule has 6 nitrogen and oxygen atoms in total. The van der Waals surface area contributed by atoms with Crippen molar-refractivity contribution in [2.45, 2.75) is 278 Å². The van der Waals surface area contributed by atoms with Crippen LogP contribution in [0.25, 0.3) is 0 Å². The smallest absolute Gasteiger partial charge is 0.306 e. The monoisotopic (exact) mass is 793 g/mol. The van der Waals surface area contributed by atoms with Gasteiger partial charge in [-0.15, -0.1) is 0 Å². The van der Waals surface area contributed by atoms with Crippen molar-refractivity contribution >= 4 is 17.9 Å². The Bertz CT molecular complexity index is 856. The van der Waals surface area contributed by atoms with E-state index in [4.69, 9.17) is 14.2 Å². The maximum Gasteiger partial charge on any atom is 0.306 e. The third-order valence-corrected chi connectivity index (χ3v) is 11.6. The molecule has 1 unspecified atom stereocenters. The van der Waals surface area contributed by atoms with E-state index in [2.05, 4.69) is 34.6 Å². The van der Waals surface area contributed by atoms with Gasteiger partial charge in [0.05, 0.1) is 0 Å². The van der Waals surface area contributed by atoms with Crippen LogP contribution in [0.2, 0.25) is 0 Å². The summed E-state index contributed by atoms with van der Waals surface area (Å²) in [7, 11) is 0. The molecule has 0 heterocycles. The van der Waals surface area contributed by atoms with Crippen molar-refractivity contribution in [3.63, 3.8) is 0 Å². The second-order valence-electron chi connectivity index (χ2n) is 17.8. The zero-order valence-corrected chi connectivity index (χ0v) is 38.3. The van der Waals surface area contributed by atoms with E-state index in [1.807, 2.05) is 0 Å². The summed E-state index contributed by atoms with van der Waals surface area (Å²) in [6, 6.07) is 0. The molecule has 0 aromatic rings. The van der Waals surface area contributed by atoms with E-state index in [0.717, 1.165) is 76.0 Å². The summed E-state index contributed by atoms with van der Waals surface area (Å²) in [5.74, 6) is 0.855. The molecule has 0 spiro atoms. The van der Waals surface area contributed by atoms with Crippen LogP contribution >= 0.6 is 0 Å². The molecule has 0 saturated carbocycles. The van der Waals surface area contributed by atoms with Crippen molar-refractivity contribution in [3.8, 4) is 0 Å². The third kappa shape index (κ3) is 42.0. The number of hydrogen-bond acceptors (Lipinski definition) is 6. The van der Waals surface area contributed by atoms with Crippen LogP contribution in [0.5, 0.6) is 0 Å². The number of carbonyl (C=O) groups excluding carboxylic acids is 3. The second kappa shape index (κ2) is 43.0. The van der Waals surface area contributed by atoms with Crippen molar-refractivity contribution in [3.05, 3.63) is 0 Å². The molecule has 56 heavy (non-hydrogen) atoms. The van der Waals surface area contributed by atoms with E-state index < -0.39 is 6.10 Å². The minimum Gasteiger partial charge on any atom is -0.462 e. The zero-order valence-electron chi connectivity index (χ0n) is 38.3. The third-order valence-electron chi connectivity index (χ3n) is 11.6. The fourth-order valence-electron chi connectivity index (χ4n) is 7.43. The topological polar surface area (TPSA) is 78.9 Å². The Kier molecular flexibility index (Phi) is 41.8. The highest BCUT2D eigenvalue weighted by molar-refractivity contribution is 5.71. The van der Waals surface area contributed by atoms with E-state index >= 15 is 0 Å². The van der Waals surface area contributed by atoms with E-state index in [0.29, 0.717) is 19.3 Å². The minimum atomic E-state index is -0.759. The van der Waals surface area contributed by atoms with Crippen LogP contribution in [0.15, 0.2) is 0 Å². The van der Waals surface area contributed by atoms with Crippen LogP contribution in [-0.4, -0.2) is 37.2 Å². The standard InChI is InChI=1S/C50H96O6/c1-6-8-9-28-35-40-48(51)54-43-47(56-50(53)42-37-32-27-23-19-18-21-25-30-34-39-46(5)7-2)44-55-49(52)41-36-31-26-22-17-15-13-11-10-12-14-16-20-24-29-33-38-45(3)4/h45-47H,6-44H2,1-5H3/t46?,47-/m1/s1. The number of rotatable bonds is 44. The van der Waals surface area contributed by atoms with Crippen LogP contribution < -0.4 is 0 Å². The van der Waals surface area contributed by atoms with Gasteiger partial charge in [0.1, 0.15) is 13.2 Å². The Morgan fingerprint density at radius 3 is 1.02 bits per heavy atom. The summed E-state index contributed by atoms with van der Waals surface area (Å²) in [5.41, 5.74) is 0. The first-order valence-corrected chi connectivity index (χ1v) is 24.8. The number of unbranched alkanes of at least 4 members (excludes halogenated alkanes) is 28. The van der Waals surface area contributed by atoms with Crippen LogP contribution in [0.1, 0.15) is 272 Å². The van der Waals surface area contributed by atoms with E-state index in [-0.39, 0.29) is 31.1 Å². The Morgan fingerprint density at radius 2 is 0.679 bits per heavy atom. The van der Waals surface area contributed by atoms with Gasteiger partial charge in [-0.1, -0.05) is 234 Å². The van der Waals surface area contributed by atoms with Crippen LogP contribution in [0.4, 0.5) is 0 Å². The average molecular weight is 793 g/mol. The molecule has 2 atom stereocenters. The van der Waals surface area contributed by atoms with Gasteiger partial charge in [-0.3, -0.25) is 14.4 Å². The highest BCUT2D eigenvalue weighted by Crippen LogP contribution is 2.18. The Morgan fingerprint density at radius 1 is 0.375 bits per heavy atom. The molecule has 0 aromatic carbocycles. The molecule has 0 radical (unpaired) electrons. The highest BCUT2D eigenvalue weighted by atomic mass is 16.6. The van der Waals surface area contributed by atoms with Gasteiger partial charge in [0.25, 0.3) is 0 Å². The predicted octanol–water partition coefficient (Wildman–Crippen LogP) is 15.8. The Labute approximate surface area is 348 Å². The summed E-state index contributed by atoms with van der Waals surface area (Å²) < 4.78 is 16.7. The molecular formula is C50H96O6. The van der Waals surface area contributed by atoms with Crippen molar-refractivity contribution in [1.82, 2.24) is 0 Å². The highest BCUT2D eigenvalue weighted by Gasteiger charge is 2.19. The lowest BCUT2D eigenvalue weighted by atomic mass is 9.99. The van der Waals surface area contributed by atoms with Gasteiger partial charge >= 0.3 is 17.9 Å². The number of ether oxygens (including phenoxy) is 3. The van der Waals surface area contributed by atoms with Crippen LogP contribution in [-0.2, 0) is 28.6 Å². The maximum atomic E-state index is 12.7. The van der Waals surface area contributed by atoms with Crippen LogP contribution in [0.3, 0.4) is 0 Å². The SMILES string of the molecule is CCCCCCCC(=O)OC[C@H](COC(=O)CCCCCCCCCCCCCCCCCCC(C)C)OC(=O)CCCCCCCCCCCCC(C)CC. The molecule has 6 heteroatoms. The first-order chi connectivity index (χ1) is 27.3. The lowest BCUT2D eigenvalue weighted by molar-refractivity contribution is -0.167. The quantitative estimate of drug-likeness (QED) is 0.0347. The first kappa shape index (κ1) is 54.4. The molecule has 0 aliphatic rings. The van der Waals surface area contributed by atoms with Gasteiger partial charge in [-0.2, -0.15) is 0 Å². The number of carbonyl (C=O) groups is 3. The van der Waals surface area contributed by atoms with E-state index in [1.165, 1.54) is 154 Å². The molecule has 0 aliphatic heterocycles. The molecule has 0 saturated heterocycles. The van der Waals surface area contributed by atoms with Gasteiger partial charge in [0.15, 0.2) is 6.10 Å². The van der Waals surface area contributed by atoms with Crippen LogP contribution in [0, 0.1) is 11.8 Å². The van der Waals surface area contributed by atoms with Crippen molar-refractivity contribution < 1.29 is 28.6 Å². The van der Waals surface area contributed by atoms with Gasteiger partial charge < -0.3 is 14.2 Å². The molecule has 0 amide bonds. The van der Waals surface area contributed by atoms with Gasteiger partial charge in [-0.25, -0.2) is 0 Å². The molecule has 0 N–H and O–H groups in total. The lowest BCUT2D eigenvalue weighted by Gasteiger charge is -2.18. The summed E-state index contributed by atoms with van der Waals surface area (Å²) in [4.78, 5) is 37.6. The molecule has 0 aliphatic carbocycles. The Hall–Kier alpha value is -1.59. The van der Waals surface area contributed by atoms with E-state index in [1.54, 1.807) is 0 Å². The van der Waals surface area contributed by atoms with Gasteiger partial charge in [0, 0.05) is 19.3 Å². The first-order valence-electron chi connectivity index (χ1n) is 24.8. The lowest BCUT2D eigenvalue weighted by Crippen LogP contribution is -2.30. The molecular weight excluding hydrogens is 697 g/mol. The number of hydrogen-bond donors (Lipinski definition) is 0. The summed E-state index contributed by atoms with van der Waals surface area (Å²) in [6.07, 6.45) is 42.6. The number of esters is 3. The molecule has 0 fully saturated rings. The van der Waals surface area contributed by atoms with E-state index in [9.17, 15) is 14.4 Å². The molecule has 332 valence electrons. The minimum absolute atomic E-state index is 0.0651. The average Bonchev–Trinajstić information content (AvgIpc) is 3.18. The van der Waals surface area contributed by atoms with Crippen molar-refractivity contribution in [2.24, 2.45) is 11.8 Å². The summed E-state index contributed by atoms with van der Waals surface area (Å²) in [5, 5.41) is 0. The maximum absolute atomic E-state index is 12.7. The van der Waals surface area contributed by atoms with Crippen molar-refractivity contribution in [2.75, 3.05) is 13.2 Å².